The molecule has 0 spiro atoms. The van der Waals surface area contributed by atoms with Crippen LogP contribution in [0.25, 0.3) is 11.0 Å². The number of anilines is 1. The fraction of sp³-hybridized carbons (Fsp3) is 0.650. The van der Waals surface area contributed by atoms with E-state index in [2.05, 4.69) is 35.4 Å². The maximum absolute atomic E-state index is 12.3. The molecule has 1 unspecified atom stereocenters. The van der Waals surface area contributed by atoms with E-state index in [1.807, 2.05) is 0 Å². The number of H-pyrrole nitrogens is 1. The van der Waals surface area contributed by atoms with E-state index in [9.17, 15) is 24.2 Å². The number of aliphatic hydroxyl groups excluding tert-OH is 1. The minimum atomic E-state index is -4.91. The first-order valence-electron chi connectivity index (χ1n) is 12.5. The number of halogens is 1. The number of nitrogens with one attached hydrogen (secondary N) is 1. The van der Waals surface area contributed by atoms with Gasteiger partial charge in [0.15, 0.2) is 23.4 Å². The summed E-state index contributed by atoms with van der Waals surface area (Å²) in [7, 11) is -9.73. The lowest BCUT2D eigenvalue weighted by molar-refractivity contribution is -0.0984. The monoisotopic (exact) mass is 620 g/mol. The molecule has 3 aliphatic rings. The molecular formula is C20H27ClN8O9P2. The van der Waals surface area contributed by atoms with Crippen LogP contribution in [0.4, 0.5) is 5.82 Å². The van der Waals surface area contributed by atoms with Gasteiger partial charge in [0.1, 0.15) is 23.7 Å². The van der Waals surface area contributed by atoms with E-state index in [-0.39, 0.29) is 16.6 Å². The third-order valence-electron chi connectivity index (χ3n) is 7.81. The minimum absolute atomic E-state index is 0.0564. The third-order valence-corrected chi connectivity index (χ3v) is 11.4. The average Bonchev–Trinajstić information content (AvgIpc) is 3.66. The highest BCUT2D eigenvalue weighted by Crippen LogP contribution is 2.56. The number of hydrogen-bond donors (Lipinski definition) is 6. The maximum atomic E-state index is 12.3. The highest BCUT2D eigenvalue weighted by Gasteiger charge is 2.60. The van der Waals surface area contributed by atoms with Crippen molar-refractivity contribution in [2.75, 3.05) is 30.5 Å². The summed E-state index contributed by atoms with van der Waals surface area (Å²) in [6.45, 7) is 0.797. The Morgan fingerprint density at radius 1 is 1.20 bits per heavy atom. The Morgan fingerprint density at radius 3 is 2.58 bits per heavy atom. The molecule has 218 valence electrons. The van der Waals surface area contributed by atoms with Crippen molar-refractivity contribution in [3.05, 3.63) is 23.4 Å². The maximum Gasteiger partial charge on any atom is 0.340 e. The SMILES string of the molecule is O=P(O)(O)CP(=O)(O)OC[C@H]1O[C@@H](n2ncc3c(N4C[C@H]5CCC[C@H]5C4)nc(Cl)nc32)[C@H](O)[C@@]1(O)c1c[nH]nn1. The fourth-order valence-corrected chi connectivity index (χ4v) is 8.72. The van der Waals surface area contributed by atoms with Crippen molar-refractivity contribution in [1.29, 1.82) is 0 Å². The number of fused-ring (bicyclic) bond motifs is 2. The lowest BCUT2D eigenvalue weighted by Gasteiger charge is -2.29. The van der Waals surface area contributed by atoms with Gasteiger partial charge in [0.25, 0.3) is 0 Å². The molecule has 0 radical (unpaired) electrons. The van der Waals surface area contributed by atoms with Crippen LogP contribution in [-0.2, 0) is 24.0 Å². The zero-order valence-electron chi connectivity index (χ0n) is 20.8. The van der Waals surface area contributed by atoms with Crippen molar-refractivity contribution in [2.24, 2.45) is 11.8 Å². The van der Waals surface area contributed by atoms with Gasteiger partial charge in [-0.05, 0) is 36.3 Å². The van der Waals surface area contributed by atoms with Gasteiger partial charge in [-0.3, -0.25) is 14.2 Å². The molecular weight excluding hydrogens is 594 g/mol. The molecule has 40 heavy (non-hydrogen) atoms. The van der Waals surface area contributed by atoms with Crippen molar-refractivity contribution in [1.82, 2.24) is 35.2 Å². The molecule has 6 rings (SSSR count). The molecule has 3 fully saturated rings. The second kappa shape index (κ2) is 10.1. The number of hydrogen-bond acceptors (Lipinski definition) is 12. The summed E-state index contributed by atoms with van der Waals surface area (Å²) in [5.41, 5.74) is -2.30. The lowest BCUT2D eigenvalue weighted by Crippen LogP contribution is -2.47. The molecule has 0 amide bonds. The van der Waals surface area contributed by atoms with Crippen LogP contribution in [0.2, 0.25) is 5.28 Å². The molecule has 3 aromatic rings. The van der Waals surface area contributed by atoms with Gasteiger partial charge in [-0.2, -0.15) is 15.1 Å². The number of nitrogens with zero attached hydrogens (tertiary/aromatic N) is 7. The van der Waals surface area contributed by atoms with E-state index < -0.39 is 51.7 Å². The average molecular weight is 621 g/mol. The van der Waals surface area contributed by atoms with E-state index >= 15 is 0 Å². The van der Waals surface area contributed by atoms with Crippen LogP contribution in [0.3, 0.4) is 0 Å². The number of ether oxygens (including phenoxy) is 1. The molecule has 0 aromatic carbocycles. The Balaban J connectivity index is 1.33. The second-order valence-electron chi connectivity index (χ2n) is 10.4. The molecule has 0 bridgehead atoms. The first-order chi connectivity index (χ1) is 18.9. The molecule has 5 heterocycles. The van der Waals surface area contributed by atoms with Gasteiger partial charge in [-0.15, -0.1) is 5.10 Å². The highest BCUT2D eigenvalue weighted by atomic mass is 35.5. The van der Waals surface area contributed by atoms with E-state index in [1.165, 1.54) is 23.5 Å². The van der Waals surface area contributed by atoms with Crippen LogP contribution < -0.4 is 4.90 Å². The summed E-state index contributed by atoms with van der Waals surface area (Å²) < 4.78 is 35.6. The largest absolute Gasteiger partial charge is 0.385 e. The number of aliphatic hydroxyl groups is 2. The van der Waals surface area contributed by atoms with Crippen molar-refractivity contribution in [2.45, 2.75) is 43.3 Å². The molecule has 2 aliphatic heterocycles. The first kappa shape index (κ1) is 28.1. The van der Waals surface area contributed by atoms with Gasteiger partial charge >= 0.3 is 15.2 Å². The number of rotatable bonds is 8. The number of aromatic amines is 1. The van der Waals surface area contributed by atoms with Crippen LogP contribution >= 0.6 is 26.8 Å². The zero-order valence-corrected chi connectivity index (χ0v) is 23.3. The van der Waals surface area contributed by atoms with Crippen molar-refractivity contribution in [3.8, 4) is 0 Å². The van der Waals surface area contributed by atoms with Crippen LogP contribution in [0.5, 0.6) is 0 Å². The van der Waals surface area contributed by atoms with Gasteiger partial charge in [0, 0.05) is 19.3 Å². The normalized spacial score (nSPS) is 32.1. The van der Waals surface area contributed by atoms with Crippen molar-refractivity contribution < 1.29 is 43.3 Å². The van der Waals surface area contributed by atoms with E-state index in [0.717, 1.165) is 25.9 Å². The quantitative estimate of drug-likeness (QED) is 0.147. The smallest absolute Gasteiger partial charge is 0.340 e. The summed E-state index contributed by atoms with van der Waals surface area (Å²) in [4.78, 5) is 39.0. The molecule has 1 saturated carbocycles. The summed E-state index contributed by atoms with van der Waals surface area (Å²) in [6.07, 6.45) is 1.48. The highest BCUT2D eigenvalue weighted by molar-refractivity contribution is 7.70. The molecule has 6 N–H and O–H groups in total. The predicted octanol–water partition coefficient (Wildman–Crippen LogP) is 0.317. The minimum Gasteiger partial charge on any atom is -0.385 e. The van der Waals surface area contributed by atoms with Gasteiger partial charge in [-0.25, -0.2) is 4.68 Å². The molecule has 2 saturated heterocycles. The van der Waals surface area contributed by atoms with Crippen LogP contribution in [-0.4, -0.2) is 97.9 Å². The Kier molecular flexibility index (Phi) is 7.06. The zero-order chi connectivity index (χ0) is 28.4. The summed E-state index contributed by atoms with van der Waals surface area (Å²) in [6, 6.07) is 0. The Hall–Kier alpha value is -2.04. The Morgan fingerprint density at radius 2 is 1.93 bits per heavy atom. The lowest BCUT2D eigenvalue weighted by atomic mass is 9.89. The van der Waals surface area contributed by atoms with Crippen molar-refractivity contribution in [3.63, 3.8) is 0 Å². The summed E-state index contributed by atoms with van der Waals surface area (Å²) in [5, 5.41) is 37.5. The standard InChI is InChI=1S/C20H27ClN8O9P2/c21-19-24-16(28-6-10-2-1-3-11(10)7-28)12-4-23-29(17(12)25-19)18-15(30)20(31,13-5-22-27-26-13)14(38-18)8-37-40(35,36)9-39(32,33)34/h4-5,10-11,14-15,18,30-31H,1-3,6-9H2,(H,35,36)(H,22,26,27)(H2,32,33,34)/t10-,11+,14-,15+,18-,20-/m1/s1. The van der Waals surface area contributed by atoms with Crippen LogP contribution in [0, 0.1) is 11.8 Å². The molecule has 3 aromatic heterocycles. The predicted molar refractivity (Wildman–Crippen MR) is 136 cm³/mol. The van der Waals surface area contributed by atoms with Gasteiger partial charge < -0.3 is 39.1 Å². The van der Waals surface area contributed by atoms with Gasteiger partial charge in [0.05, 0.1) is 18.2 Å². The van der Waals surface area contributed by atoms with Crippen molar-refractivity contribution >= 4 is 43.6 Å². The molecule has 17 nitrogen and oxygen atoms in total. The molecule has 20 heteroatoms. The van der Waals surface area contributed by atoms with Crippen LogP contribution in [0.1, 0.15) is 31.2 Å². The summed E-state index contributed by atoms with van der Waals surface area (Å²) >= 11 is 6.31. The van der Waals surface area contributed by atoms with E-state index in [1.54, 1.807) is 0 Å². The molecule has 7 atom stereocenters. The first-order valence-corrected chi connectivity index (χ1v) is 16.4. The number of aromatic nitrogens is 7. The topological polar surface area (TPSA) is 242 Å². The second-order valence-corrected chi connectivity index (χ2v) is 14.7. The Labute approximate surface area is 231 Å². The van der Waals surface area contributed by atoms with Crippen LogP contribution in [0.15, 0.2) is 12.4 Å². The fourth-order valence-electron chi connectivity index (χ4n) is 6.00. The third kappa shape index (κ3) is 4.98. The van der Waals surface area contributed by atoms with Gasteiger partial charge in [-0.1, -0.05) is 11.6 Å². The molecule has 1 aliphatic carbocycles. The van der Waals surface area contributed by atoms with Gasteiger partial charge in [0.2, 0.25) is 5.28 Å². The van der Waals surface area contributed by atoms with E-state index in [4.69, 9.17) is 30.6 Å². The Bertz CT molecular complexity index is 1490. The summed E-state index contributed by atoms with van der Waals surface area (Å²) in [5.74, 6) is 0.296. The van der Waals surface area contributed by atoms with E-state index in [0.29, 0.717) is 23.0 Å².